The van der Waals surface area contributed by atoms with Crippen LogP contribution in [0.2, 0.25) is 5.02 Å². The standard InChI is InChI=1S/C18H26ClN3O2/c1-18(2,3)13-16(23)21-9-4-10-22(12-11-21)17(24)20-15-7-5-14(19)6-8-15/h5-8H,4,9-13H2,1-3H3,(H,20,24). The Morgan fingerprint density at radius 3 is 2.25 bits per heavy atom. The molecule has 1 aliphatic heterocycles. The third kappa shape index (κ3) is 5.71. The summed E-state index contributed by atoms with van der Waals surface area (Å²) in [4.78, 5) is 28.4. The summed E-state index contributed by atoms with van der Waals surface area (Å²) in [5, 5.41) is 3.51. The van der Waals surface area contributed by atoms with Gasteiger partial charge in [-0.3, -0.25) is 4.79 Å². The van der Waals surface area contributed by atoms with Crippen molar-refractivity contribution in [3.05, 3.63) is 29.3 Å². The molecule has 1 saturated heterocycles. The Hall–Kier alpha value is -1.75. The van der Waals surface area contributed by atoms with Crippen molar-refractivity contribution < 1.29 is 9.59 Å². The molecule has 0 unspecified atom stereocenters. The first-order valence-corrected chi connectivity index (χ1v) is 8.72. The van der Waals surface area contributed by atoms with Crippen molar-refractivity contribution in [1.82, 2.24) is 9.80 Å². The predicted octanol–water partition coefficient (Wildman–Crippen LogP) is 3.84. The number of benzene rings is 1. The van der Waals surface area contributed by atoms with E-state index in [1.54, 1.807) is 29.2 Å². The van der Waals surface area contributed by atoms with Gasteiger partial charge in [0.05, 0.1) is 0 Å². The number of urea groups is 1. The van der Waals surface area contributed by atoms with Crippen molar-refractivity contribution in [3.63, 3.8) is 0 Å². The highest BCUT2D eigenvalue weighted by molar-refractivity contribution is 6.30. The predicted molar refractivity (Wildman–Crippen MR) is 97.3 cm³/mol. The van der Waals surface area contributed by atoms with Crippen molar-refractivity contribution in [2.24, 2.45) is 5.41 Å². The summed E-state index contributed by atoms with van der Waals surface area (Å²) in [6, 6.07) is 6.90. The smallest absolute Gasteiger partial charge is 0.321 e. The van der Waals surface area contributed by atoms with Gasteiger partial charge >= 0.3 is 6.03 Å². The average Bonchev–Trinajstić information content (AvgIpc) is 2.74. The van der Waals surface area contributed by atoms with Crippen LogP contribution < -0.4 is 5.32 Å². The molecule has 0 atom stereocenters. The largest absolute Gasteiger partial charge is 0.341 e. The molecule has 2 rings (SSSR count). The number of nitrogens with zero attached hydrogens (tertiary/aromatic N) is 2. The van der Waals surface area contributed by atoms with Gasteiger partial charge in [0.1, 0.15) is 0 Å². The van der Waals surface area contributed by atoms with Crippen LogP contribution in [0.1, 0.15) is 33.6 Å². The summed E-state index contributed by atoms with van der Waals surface area (Å²) >= 11 is 5.85. The molecule has 1 aliphatic rings. The summed E-state index contributed by atoms with van der Waals surface area (Å²) in [6.07, 6.45) is 1.33. The quantitative estimate of drug-likeness (QED) is 0.880. The number of hydrogen-bond acceptors (Lipinski definition) is 2. The zero-order chi connectivity index (χ0) is 17.7. The van der Waals surface area contributed by atoms with Crippen LogP contribution in [0.4, 0.5) is 10.5 Å². The molecule has 1 fully saturated rings. The van der Waals surface area contributed by atoms with Gasteiger partial charge in [-0.1, -0.05) is 32.4 Å². The number of rotatable bonds is 2. The molecule has 0 aliphatic carbocycles. The zero-order valence-electron chi connectivity index (χ0n) is 14.6. The van der Waals surface area contributed by atoms with Crippen LogP contribution in [-0.2, 0) is 4.79 Å². The average molecular weight is 352 g/mol. The molecule has 1 heterocycles. The SMILES string of the molecule is CC(C)(C)CC(=O)N1CCCN(C(=O)Nc2ccc(Cl)cc2)CC1. The summed E-state index contributed by atoms with van der Waals surface area (Å²) in [6.45, 7) is 8.69. The minimum atomic E-state index is -0.137. The second-order valence-corrected chi connectivity index (χ2v) is 7.83. The van der Waals surface area contributed by atoms with Gasteiger partial charge in [-0.2, -0.15) is 0 Å². The molecule has 5 nitrogen and oxygen atoms in total. The molecule has 24 heavy (non-hydrogen) atoms. The second-order valence-electron chi connectivity index (χ2n) is 7.40. The molecule has 132 valence electrons. The maximum atomic E-state index is 12.4. The van der Waals surface area contributed by atoms with Crippen LogP contribution in [0.15, 0.2) is 24.3 Å². The van der Waals surface area contributed by atoms with Gasteiger partial charge in [0.25, 0.3) is 0 Å². The Balaban J connectivity index is 1.89. The summed E-state index contributed by atoms with van der Waals surface area (Å²) < 4.78 is 0. The summed E-state index contributed by atoms with van der Waals surface area (Å²) in [5.74, 6) is 0.169. The van der Waals surface area contributed by atoms with Crippen LogP contribution in [0.25, 0.3) is 0 Å². The first-order chi connectivity index (χ1) is 11.2. The minimum Gasteiger partial charge on any atom is -0.341 e. The first kappa shape index (κ1) is 18.6. The van der Waals surface area contributed by atoms with Crippen molar-refractivity contribution in [2.45, 2.75) is 33.6 Å². The van der Waals surface area contributed by atoms with Gasteiger partial charge < -0.3 is 15.1 Å². The van der Waals surface area contributed by atoms with Gasteiger partial charge in [-0.15, -0.1) is 0 Å². The molecule has 0 spiro atoms. The maximum absolute atomic E-state index is 12.4. The van der Waals surface area contributed by atoms with E-state index in [4.69, 9.17) is 11.6 Å². The zero-order valence-corrected chi connectivity index (χ0v) is 15.4. The third-order valence-electron chi connectivity index (χ3n) is 3.91. The van der Waals surface area contributed by atoms with Gasteiger partial charge in [0, 0.05) is 43.3 Å². The van der Waals surface area contributed by atoms with E-state index in [9.17, 15) is 9.59 Å². The lowest BCUT2D eigenvalue weighted by Gasteiger charge is -2.25. The van der Waals surface area contributed by atoms with Gasteiger partial charge in [0.15, 0.2) is 0 Å². The highest BCUT2D eigenvalue weighted by atomic mass is 35.5. The van der Waals surface area contributed by atoms with E-state index in [-0.39, 0.29) is 17.4 Å². The van der Waals surface area contributed by atoms with E-state index < -0.39 is 0 Å². The molecular weight excluding hydrogens is 326 g/mol. The number of halogens is 1. The van der Waals surface area contributed by atoms with Crippen LogP contribution in [-0.4, -0.2) is 47.9 Å². The van der Waals surface area contributed by atoms with Crippen LogP contribution in [0.3, 0.4) is 0 Å². The fraction of sp³-hybridized carbons (Fsp3) is 0.556. The Labute approximate surface area is 149 Å². The van der Waals surface area contributed by atoms with E-state index >= 15 is 0 Å². The number of hydrogen-bond donors (Lipinski definition) is 1. The molecular formula is C18H26ClN3O2. The molecule has 1 N–H and O–H groups in total. The molecule has 1 aromatic carbocycles. The van der Waals surface area contributed by atoms with E-state index in [1.165, 1.54) is 0 Å². The Bertz CT molecular complexity index is 581. The maximum Gasteiger partial charge on any atom is 0.321 e. The van der Waals surface area contributed by atoms with Gasteiger partial charge in [-0.05, 0) is 36.1 Å². The number of carbonyl (C=O) groups is 2. The van der Waals surface area contributed by atoms with Crippen molar-refractivity contribution in [2.75, 3.05) is 31.5 Å². The van der Waals surface area contributed by atoms with E-state index in [0.29, 0.717) is 43.3 Å². The van der Waals surface area contributed by atoms with E-state index in [2.05, 4.69) is 26.1 Å². The number of carbonyl (C=O) groups excluding carboxylic acids is 2. The highest BCUT2D eigenvalue weighted by Gasteiger charge is 2.25. The number of anilines is 1. The molecule has 3 amide bonds. The van der Waals surface area contributed by atoms with Gasteiger partial charge in [0.2, 0.25) is 5.91 Å². The van der Waals surface area contributed by atoms with Crippen molar-refractivity contribution >= 4 is 29.2 Å². The fourth-order valence-corrected chi connectivity index (χ4v) is 2.80. The van der Waals surface area contributed by atoms with Crippen molar-refractivity contribution in [1.29, 1.82) is 0 Å². The Morgan fingerprint density at radius 2 is 1.62 bits per heavy atom. The first-order valence-electron chi connectivity index (χ1n) is 8.34. The molecule has 0 saturated carbocycles. The lowest BCUT2D eigenvalue weighted by atomic mass is 9.91. The monoisotopic (exact) mass is 351 g/mol. The van der Waals surface area contributed by atoms with Crippen LogP contribution >= 0.6 is 11.6 Å². The summed E-state index contributed by atoms with van der Waals surface area (Å²) in [7, 11) is 0. The molecule has 0 bridgehead atoms. The molecule has 6 heteroatoms. The fourth-order valence-electron chi connectivity index (χ4n) is 2.67. The minimum absolute atomic E-state index is 0.0188. The van der Waals surface area contributed by atoms with Gasteiger partial charge in [-0.25, -0.2) is 4.79 Å². The highest BCUT2D eigenvalue weighted by Crippen LogP contribution is 2.20. The van der Waals surface area contributed by atoms with E-state index in [1.807, 2.05) is 4.90 Å². The lowest BCUT2D eigenvalue weighted by Crippen LogP contribution is -2.40. The Morgan fingerprint density at radius 1 is 1.04 bits per heavy atom. The number of amides is 3. The normalized spacial score (nSPS) is 15.8. The van der Waals surface area contributed by atoms with Crippen LogP contribution in [0.5, 0.6) is 0 Å². The summed E-state index contributed by atoms with van der Waals surface area (Å²) in [5.41, 5.74) is 0.698. The molecule has 0 radical (unpaired) electrons. The molecule has 0 aromatic heterocycles. The second kappa shape index (κ2) is 7.88. The lowest BCUT2D eigenvalue weighted by molar-refractivity contribution is -0.132. The molecule has 1 aromatic rings. The van der Waals surface area contributed by atoms with E-state index in [0.717, 1.165) is 6.42 Å². The Kier molecular flexibility index (Phi) is 6.10. The van der Waals surface area contributed by atoms with Crippen molar-refractivity contribution in [3.8, 4) is 0 Å². The van der Waals surface area contributed by atoms with Crippen LogP contribution in [0, 0.1) is 5.41 Å². The third-order valence-corrected chi connectivity index (χ3v) is 4.16. The number of nitrogens with one attached hydrogen (secondary N) is 1. The topological polar surface area (TPSA) is 52.7 Å².